The molecule has 1 fully saturated rings. The third-order valence-electron chi connectivity index (χ3n) is 5.03. The van der Waals surface area contributed by atoms with Crippen LogP contribution < -0.4 is 16.4 Å². The second-order valence-corrected chi connectivity index (χ2v) is 7.38. The molecule has 0 atom stereocenters. The fraction of sp³-hybridized carbons (Fsp3) is 0.526. The molecule has 1 aromatic heterocycles. The zero-order chi connectivity index (χ0) is 19.4. The quantitative estimate of drug-likeness (QED) is 0.759. The molecule has 0 spiro atoms. The van der Waals surface area contributed by atoms with E-state index in [-0.39, 0.29) is 35.5 Å². The predicted molar refractivity (Wildman–Crippen MR) is 103 cm³/mol. The highest BCUT2D eigenvalue weighted by Crippen LogP contribution is 2.15. The average Bonchev–Trinajstić information content (AvgIpc) is 2.69. The maximum atomic E-state index is 12.5. The lowest BCUT2D eigenvalue weighted by molar-refractivity contribution is -0.122. The average molecular weight is 374 g/mol. The minimum Gasteiger partial charge on any atom is -0.379 e. The summed E-state index contributed by atoms with van der Waals surface area (Å²) in [6, 6.07) is 6.66. The van der Waals surface area contributed by atoms with Gasteiger partial charge in [0.15, 0.2) is 0 Å². The third kappa shape index (κ3) is 4.45. The number of hydrogen-bond donors (Lipinski definition) is 2. The van der Waals surface area contributed by atoms with Crippen LogP contribution in [0.2, 0.25) is 0 Å². The van der Waals surface area contributed by atoms with Crippen LogP contribution in [0.5, 0.6) is 0 Å². The summed E-state index contributed by atoms with van der Waals surface area (Å²) in [7, 11) is 0. The van der Waals surface area contributed by atoms with Crippen molar-refractivity contribution in [3.05, 3.63) is 45.0 Å². The Kier molecular flexibility index (Phi) is 5.76. The Labute approximate surface area is 157 Å². The van der Waals surface area contributed by atoms with Crippen LogP contribution in [0.15, 0.2) is 33.9 Å². The van der Waals surface area contributed by atoms with Gasteiger partial charge in [0.1, 0.15) is 0 Å². The Balaban J connectivity index is 1.59. The van der Waals surface area contributed by atoms with Crippen molar-refractivity contribution in [2.75, 3.05) is 32.8 Å². The molecule has 0 unspecified atom stereocenters. The van der Waals surface area contributed by atoms with Gasteiger partial charge in [0.25, 0.3) is 11.1 Å². The minimum absolute atomic E-state index is 0.118. The molecular weight excluding hydrogens is 348 g/mol. The molecule has 0 aliphatic carbocycles. The van der Waals surface area contributed by atoms with E-state index < -0.39 is 0 Å². The maximum Gasteiger partial charge on any atom is 0.273 e. The van der Waals surface area contributed by atoms with Crippen molar-refractivity contribution in [3.8, 4) is 0 Å². The molecule has 0 radical (unpaired) electrons. The minimum atomic E-state index is -0.334. The summed E-state index contributed by atoms with van der Waals surface area (Å²) in [5.41, 5.74) is -0.807. The fourth-order valence-corrected chi connectivity index (χ4v) is 3.30. The zero-order valence-electron chi connectivity index (χ0n) is 15.8. The number of H-pyrrole nitrogens is 1. The van der Waals surface area contributed by atoms with E-state index in [4.69, 9.17) is 4.74 Å². The molecule has 1 saturated heterocycles. The zero-order valence-corrected chi connectivity index (χ0v) is 15.8. The molecule has 3 rings (SSSR count). The second-order valence-electron chi connectivity index (χ2n) is 7.38. The summed E-state index contributed by atoms with van der Waals surface area (Å²) >= 11 is 0. The molecule has 1 aromatic carbocycles. The molecule has 2 N–H and O–H groups in total. The van der Waals surface area contributed by atoms with E-state index in [2.05, 4.69) is 29.2 Å². The molecule has 146 valence electrons. The summed E-state index contributed by atoms with van der Waals surface area (Å²) in [5.74, 6) is -0.155. The van der Waals surface area contributed by atoms with E-state index in [0.29, 0.717) is 30.5 Å². The van der Waals surface area contributed by atoms with Gasteiger partial charge in [-0.3, -0.25) is 24.4 Å². The SMILES string of the molecule is CC(C)(CNC(=O)CCn1[nH]c(=O)c2ccccc2c1=O)N1CCOCC1. The Morgan fingerprint density at radius 3 is 2.56 bits per heavy atom. The van der Waals surface area contributed by atoms with Gasteiger partial charge >= 0.3 is 0 Å². The number of amides is 1. The van der Waals surface area contributed by atoms with Gasteiger partial charge in [-0.25, -0.2) is 4.68 Å². The lowest BCUT2D eigenvalue weighted by Gasteiger charge is -2.40. The molecule has 1 aliphatic rings. The Morgan fingerprint density at radius 2 is 1.85 bits per heavy atom. The molecule has 2 aromatic rings. The fourth-order valence-electron chi connectivity index (χ4n) is 3.30. The Morgan fingerprint density at radius 1 is 1.19 bits per heavy atom. The summed E-state index contributed by atoms with van der Waals surface area (Å²) in [6.45, 7) is 7.91. The number of aryl methyl sites for hydroxylation is 1. The van der Waals surface area contributed by atoms with Crippen molar-refractivity contribution >= 4 is 16.7 Å². The van der Waals surface area contributed by atoms with Gasteiger partial charge in [-0.1, -0.05) is 12.1 Å². The van der Waals surface area contributed by atoms with Crippen LogP contribution in [-0.4, -0.2) is 59.0 Å². The molecule has 8 nitrogen and oxygen atoms in total. The lowest BCUT2D eigenvalue weighted by atomic mass is 10.0. The van der Waals surface area contributed by atoms with Gasteiger partial charge in [-0.05, 0) is 26.0 Å². The van der Waals surface area contributed by atoms with E-state index >= 15 is 0 Å². The van der Waals surface area contributed by atoms with Crippen LogP contribution in [0, 0.1) is 0 Å². The second kappa shape index (κ2) is 8.06. The lowest BCUT2D eigenvalue weighted by Crippen LogP contribution is -2.55. The molecule has 8 heteroatoms. The number of rotatable bonds is 6. The number of fused-ring (bicyclic) bond motifs is 1. The Bertz CT molecular complexity index is 925. The van der Waals surface area contributed by atoms with E-state index in [1.165, 1.54) is 4.68 Å². The number of carbonyl (C=O) groups is 1. The highest BCUT2D eigenvalue weighted by molar-refractivity contribution is 5.80. The van der Waals surface area contributed by atoms with Crippen molar-refractivity contribution < 1.29 is 9.53 Å². The molecule has 2 heterocycles. The standard InChI is InChI=1S/C19H26N4O4/c1-19(2,22-9-11-27-12-10-22)13-20-16(24)7-8-23-18(26)15-6-4-3-5-14(15)17(25)21-23/h3-6H,7-13H2,1-2H3,(H,20,24)(H,21,25). The molecule has 0 bridgehead atoms. The van der Waals surface area contributed by atoms with Crippen LogP contribution >= 0.6 is 0 Å². The third-order valence-corrected chi connectivity index (χ3v) is 5.03. The monoisotopic (exact) mass is 374 g/mol. The van der Waals surface area contributed by atoms with Crippen molar-refractivity contribution in [2.24, 2.45) is 0 Å². The number of carbonyl (C=O) groups excluding carboxylic acids is 1. The molecule has 27 heavy (non-hydrogen) atoms. The number of morpholine rings is 1. The van der Waals surface area contributed by atoms with Crippen LogP contribution in [0.25, 0.3) is 10.8 Å². The number of nitrogens with one attached hydrogen (secondary N) is 2. The number of ether oxygens (including phenoxy) is 1. The highest BCUT2D eigenvalue weighted by Gasteiger charge is 2.28. The van der Waals surface area contributed by atoms with Crippen LogP contribution in [-0.2, 0) is 16.1 Å². The smallest absolute Gasteiger partial charge is 0.273 e. The largest absolute Gasteiger partial charge is 0.379 e. The van der Waals surface area contributed by atoms with Gasteiger partial charge < -0.3 is 10.1 Å². The van der Waals surface area contributed by atoms with Gasteiger partial charge in [-0.15, -0.1) is 0 Å². The summed E-state index contributed by atoms with van der Waals surface area (Å²) < 4.78 is 6.57. The topological polar surface area (TPSA) is 96.4 Å². The van der Waals surface area contributed by atoms with E-state index in [0.717, 1.165) is 13.1 Å². The van der Waals surface area contributed by atoms with Crippen molar-refractivity contribution in [2.45, 2.75) is 32.4 Å². The van der Waals surface area contributed by atoms with Gasteiger partial charge in [0.2, 0.25) is 5.91 Å². The van der Waals surface area contributed by atoms with Crippen molar-refractivity contribution in [1.82, 2.24) is 20.0 Å². The number of aromatic amines is 1. The molecule has 0 saturated carbocycles. The molecular formula is C19H26N4O4. The Hall–Kier alpha value is -2.45. The highest BCUT2D eigenvalue weighted by atomic mass is 16.5. The first kappa shape index (κ1) is 19.3. The van der Waals surface area contributed by atoms with Gasteiger partial charge in [-0.2, -0.15) is 0 Å². The van der Waals surface area contributed by atoms with Crippen LogP contribution in [0.3, 0.4) is 0 Å². The molecule has 1 aliphatic heterocycles. The number of hydrogen-bond acceptors (Lipinski definition) is 5. The normalized spacial score (nSPS) is 15.8. The first-order valence-corrected chi connectivity index (χ1v) is 9.20. The van der Waals surface area contributed by atoms with Crippen LogP contribution in [0.4, 0.5) is 0 Å². The van der Waals surface area contributed by atoms with E-state index in [9.17, 15) is 14.4 Å². The van der Waals surface area contributed by atoms with Gasteiger partial charge in [0, 0.05) is 31.6 Å². The number of nitrogens with zero attached hydrogens (tertiary/aromatic N) is 2. The number of benzene rings is 1. The van der Waals surface area contributed by atoms with Crippen molar-refractivity contribution in [1.29, 1.82) is 0 Å². The first-order chi connectivity index (χ1) is 12.9. The van der Waals surface area contributed by atoms with Crippen molar-refractivity contribution in [3.63, 3.8) is 0 Å². The summed E-state index contributed by atoms with van der Waals surface area (Å²) in [4.78, 5) is 39.1. The first-order valence-electron chi connectivity index (χ1n) is 9.20. The maximum absolute atomic E-state index is 12.5. The van der Waals surface area contributed by atoms with Crippen LogP contribution in [0.1, 0.15) is 20.3 Å². The van der Waals surface area contributed by atoms with E-state index in [1.807, 2.05) is 0 Å². The number of aromatic nitrogens is 2. The molecule has 1 amide bonds. The summed E-state index contributed by atoms with van der Waals surface area (Å²) in [5, 5.41) is 6.19. The van der Waals surface area contributed by atoms with Gasteiger partial charge in [0.05, 0.1) is 30.5 Å². The predicted octanol–water partition coefficient (Wildman–Crippen LogP) is 0.307. The summed E-state index contributed by atoms with van der Waals surface area (Å²) in [6.07, 6.45) is 0.118. The van der Waals surface area contributed by atoms with E-state index in [1.54, 1.807) is 24.3 Å².